The Morgan fingerprint density at radius 1 is 1.47 bits per heavy atom. The molecule has 1 aromatic heterocycles. The lowest BCUT2D eigenvalue weighted by molar-refractivity contribution is -0.118. The van der Waals surface area contributed by atoms with Crippen molar-refractivity contribution in [1.82, 2.24) is 9.55 Å². The number of benzene rings is 1. The number of amides is 1. The molecule has 0 bridgehead atoms. The molecule has 0 saturated carbocycles. The van der Waals surface area contributed by atoms with Gasteiger partial charge in [0.2, 0.25) is 5.91 Å². The third-order valence-corrected chi connectivity index (χ3v) is 3.05. The summed E-state index contributed by atoms with van der Waals surface area (Å²) in [6, 6.07) is 4.58. The van der Waals surface area contributed by atoms with Gasteiger partial charge < -0.3 is 15.4 Å². The van der Waals surface area contributed by atoms with Crippen LogP contribution in [0.25, 0.3) is 11.0 Å². The van der Waals surface area contributed by atoms with Crippen LogP contribution < -0.4 is 5.73 Å². The first-order chi connectivity index (χ1) is 8.90. The van der Waals surface area contributed by atoms with Crippen LogP contribution in [0.4, 0.5) is 0 Å². The summed E-state index contributed by atoms with van der Waals surface area (Å²) in [6.07, 6.45) is 0.184. The molecule has 1 aromatic carbocycles. The van der Waals surface area contributed by atoms with E-state index in [1.165, 1.54) is 6.07 Å². The average Bonchev–Trinajstić information content (AvgIpc) is 2.62. The molecule has 0 aliphatic carbocycles. The molecule has 1 heterocycles. The predicted molar refractivity (Wildman–Crippen MR) is 70.0 cm³/mol. The van der Waals surface area contributed by atoms with Crippen LogP contribution in [-0.2, 0) is 4.79 Å². The van der Waals surface area contributed by atoms with Gasteiger partial charge in [0.05, 0.1) is 16.6 Å². The van der Waals surface area contributed by atoms with Crippen LogP contribution >= 0.6 is 0 Å². The molecule has 100 valence electrons. The molecule has 2 rings (SSSR count). The van der Waals surface area contributed by atoms with E-state index in [9.17, 15) is 9.59 Å². The smallest absolute Gasteiger partial charge is 0.335 e. The number of imidazole rings is 1. The Labute approximate surface area is 109 Å². The number of carbonyl (C=O) groups excluding carboxylic acids is 1. The van der Waals surface area contributed by atoms with E-state index in [2.05, 4.69) is 4.98 Å². The molecule has 0 radical (unpaired) electrons. The molecule has 19 heavy (non-hydrogen) atoms. The second-order valence-corrected chi connectivity index (χ2v) is 4.56. The number of rotatable bonds is 4. The van der Waals surface area contributed by atoms with Crippen LogP contribution in [0.5, 0.6) is 0 Å². The van der Waals surface area contributed by atoms with E-state index in [4.69, 9.17) is 10.8 Å². The Bertz CT molecular complexity index is 660. The van der Waals surface area contributed by atoms with Crippen molar-refractivity contribution in [2.45, 2.75) is 26.3 Å². The van der Waals surface area contributed by atoms with Crippen molar-refractivity contribution in [3.63, 3.8) is 0 Å². The van der Waals surface area contributed by atoms with E-state index >= 15 is 0 Å². The summed E-state index contributed by atoms with van der Waals surface area (Å²) < 4.78 is 1.84. The molecule has 0 aliphatic rings. The predicted octanol–water partition coefficient (Wildman–Crippen LogP) is 1.48. The lowest BCUT2D eigenvalue weighted by atomic mass is 10.1. The van der Waals surface area contributed by atoms with Gasteiger partial charge in [-0.3, -0.25) is 4.79 Å². The summed E-state index contributed by atoms with van der Waals surface area (Å²) in [6.45, 7) is 3.67. The molecule has 2 aromatic rings. The minimum atomic E-state index is -0.991. The first-order valence-electron chi connectivity index (χ1n) is 5.90. The quantitative estimate of drug-likeness (QED) is 0.870. The number of aryl methyl sites for hydroxylation is 1. The van der Waals surface area contributed by atoms with Gasteiger partial charge in [0, 0.05) is 12.5 Å². The fourth-order valence-electron chi connectivity index (χ4n) is 2.29. The van der Waals surface area contributed by atoms with Crippen molar-refractivity contribution in [3.05, 3.63) is 29.6 Å². The van der Waals surface area contributed by atoms with Crippen LogP contribution in [0, 0.1) is 6.92 Å². The Morgan fingerprint density at radius 2 is 2.16 bits per heavy atom. The molecule has 1 atom stereocenters. The minimum Gasteiger partial charge on any atom is -0.478 e. The largest absolute Gasteiger partial charge is 0.478 e. The number of hydrogen-bond donors (Lipinski definition) is 2. The third kappa shape index (κ3) is 2.42. The van der Waals surface area contributed by atoms with Gasteiger partial charge in [-0.15, -0.1) is 0 Å². The molecule has 1 amide bonds. The highest BCUT2D eigenvalue weighted by atomic mass is 16.4. The van der Waals surface area contributed by atoms with Gasteiger partial charge in [0.25, 0.3) is 0 Å². The van der Waals surface area contributed by atoms with E-state index in [0.29, 0.717) is 11.0 Å². The van der Waals surface area contributed by atoms with Gasteiger partial charge in [-0.2, -0.15) is 0 Å². The number of nitrogens with two attached hydrogens (primary N) is 1. The molecule has 0 saturated heterocycles. The normalized spacial score (nSPS) is 12.5. The number of nitrogens with zero attached hydrogens (tertiary/aromatic N) is 2. The maximum atomic E-state index is 11.0. The van der Waals surface area contributed by atoms with Gasteiger partial charge in [-0.05, 0) is 32.0 Å². The Hall–Kier alpha value is -2.37. The van der Waals surface area contributed by atoms with E-state index in [0.717, 1.165) is 5.82 Å². The first-order valence-corrected chi connectivity index (χ1v) is 5.90. The standard InChI is InChI=1S/C13H15N3O3/c1-7(5-12(14)17)16-8(2)15-10-4-3-9(13(18)19)6-11(10)16/h3-4,6-7H,5H2,1-2H3,(H2,14,17)(H,18,19). The highest BCUT2D eigenvalue weighted by Gasteiger charge is 2.16. The van der Waals surface area contributed by atoms with Crippen LogP contribution in [-0.4, -0.2) is 26.5 Å². The Kier molecular flexibility index (Phi) is 3.25. The van der Waals surface area contributed by atoms with Crippen molar-refractivity contribution in [3.8, 4) is 0 Å². The van der Waals surface area contributed by atoms with Gasteiger partial charge in [0.1, 0.15) is 5.82 Å². The van der Waals surface area contributed by atoms with E-state index in [-0.39, 0.29) is 18.0 Å². The zero-order chi connectivity index (χ0) is 14.2. The van der Waals surface area contributed by atoms with Crippen LogP contribution in [0.3, 0.4) is 0 Å². The number of primary amides is 1. The van der Waals surface area contributed by atoms with Gasteiger partial charge in [0.15, 0.2) is 0 Å². The molecule has 1 unspecified atom stereocenters. The van der Waals surface area contributed by atoms with Crippen LogP contribution in [0.15, 0.2) is 18.2 Å². The maximum absolute atomic E-state index is 11.0. The maximum Gasteiger partial charge on any atom is 0.335 e. The number of aromatic nitrogens is 2. The van der Waals surface area contributed by atoms with Gasteiger partial charge >= 0.3 is 5.97 Å². The fourth-order valence-corrected chi connectivity index (χ4v) is 2.29. The summed E-state index contributed by atoms with van der Waals surface area (Å²) in [5, 5.41) is 9.02. The number of fused-ring (bicyclic) bond motifs is 1. The summed E-state index contributed by atoms with van der Waals surface area (Å²) >= 11 is 0. The van der Waals surface area contributed by atoms with E-state index in [1.807, 2.05) is 18.4 Å². The Morgan fingerprint density at radius 3 is 2.74 bits per heavy atom. The SMILES string of the molecule is Cc1nc2ccc(C(=O)O)cc2n1C(C)CC(N)=O. The highest BCUT2D eigenvalue weighted by molar-refractivity contribution is 5.92. The molecule has 0 fully saturated rings. The monoisotopic (exact) mass is 261 g/mol. The summed E-state index contributed by atoms with van der Waals surface area (Å²) in [4.78, 5) is 26.4. The summed E-state index contributed by atoms with van der Waals surface area (Å²) in [5.41, 5.74) is 6.81. The number of carboxylic acid groups (broad SMARTS) is 1. The van der Waals surface area contributed by atoms with Gasteiger partial charge in [-0.25, -0.2) is 9.78 Å². The lowest BCUT2D eigenvalue weighted by Crippen LogP contribution is -2.18. The minimum absolute atomic E-state index is 0.161. The number of aromatic carboxylic acids is 1. The third-order valence-electron chi connectivity index (χ3n) is 3.05. The second kappa shape index (κ2) is 4.72. The molecular formula is C13H15N3O3. The highest BCUT2D eigenvalue weighted by Crippen LogP contribution is 2.23. The lowest BCUT2D eigenvalue weighted by Gasteiger charge is -2.14. The number of hydrogen-bond acceptors (Lipinski definition) is 3. The molecule has 6 heteroatoms. The van der Waals surface area contributed by atoms with Gasteiger partial charge in [-0.1, -0.05) is 0 Å². The topological polar surface area (TPSA) is 98.2 Å². The van der Waals surface area contributed by atoms with Crippen molar-refractivity contribution in [2.24, 2.45) is 5.73 Å². The van der Waals surface area contributed by atoms with Crippen molar-refractivity contribution >= 4 is 22.9 Å². The van der Waals surface area contributed by atoms with Crippen molar-refractivity contribution < 1.29 is 14.7 Å². The second-order valence-electron chi connectivity index (χ2n) is 4.56. The number of carbonyl (C=O) groups is 2. The zero-order valence-electron chi connectivity index (χ0n) is 10.8. The van der Waals surface area contributed by atoms with E-state index < -0.39 is 11.9 Å². The molecule has 0 spiro atoms. The fraction of sp³-hybridized carbons (Fsp3) is 0.308. The summed E-state index contributed by atoms with van der Waals surface area (Å²) in [7, 11) is 0. The summed E-state index contributed by atoms with van der Waals surface area (Å²) in [5.74, 6) is -0.663. The van der Waals surface area contributed by atoms with Crippen LogP contribution in [0.2, 0.25) is 0 Å². The molecular weight excluding hydrogens is 246 g/mol. The average molecular weight is 261 g/mol. The molecule has 6 nitrogen and oxygen atoms in total. The zero-order valence-corrected chi connectivity index (χ0v) is 10.8. The van der Waals surface area contributed by atoms with Crippen LogP contribution in [0.1, 0.15) is 35.6 Å². The molecule has 0 aliphatic heterocycles. The van der Waals surface area contributed by atoms with Crippen molar-refractivity contribution in [1.29, 1.82) is 0 Å². The van der Waals surface area contributed by atoms with Crippen molar-refractivity contribution in [2.75, 3.05) is 0 Å². The number of carboxylic acids is 1. The molecule has 3 N–H and O–H groups in total. The van der Waals surface area contributed by atoms with E-state index in [1.54, 1.807) is 12.1 Å². The Balaban J connectivity index is 2.58. The first kappa shape index (κ1) is 13.1.